The van der Waals surface area contributed by atoms with Crippen LogP contribution in [0.1, 0.15) is 32.8 Å². The molecule has 0 spiro atoms. The van der Waals surface area contributed by atoms with Gasteiger partial charge in [-0.3, -0.25) is 4.98 Å². The number of aromatic nitrogens is 1. The van der Waals surface area contributed by atoms with Crippen molar-refractivity contribution in [2.75, 3.05) is 0 Å². The molecule has 2 N–H and O–H groups in total. The zero-order chi connectivity index (χ0) is 10.6. The summed E-state index contributed by atoms with van der Waals surface area (Å²) in [4.78, 5) is 4.09. The molecule has 1 atom stereocenters. The van der Waals surface area contributed by atoms with Crippen LogP contribution < -0.4 is 5.73 Å². The first-order valence-electron chi connectivity index (χ1n) is 5.20. The topological polar surface area (TPSA) is 38.9 Å². The highest BCUT2D eigenvalue weighted by Gasteiger charge is 2.24. The fourth-order valence-corrected chi connectivity index (χ4v) is 1.31. The smallest absolute Gasteiger partial charge is 0.0300 e. The van der Waals surface area contributed by atoms with Crippen LogP contribution >= 0.6 is 0 Å². The molecule has 0 bridgehead atoms. The summed E-state index contributed by atoms with van der Waals surface area (Å²) in [5, 5.41) is 0. The number of rotatable bonds is 4. The Morgan fingerprint density at radius 3 is 2.71 bits per heavy atom. The maximum absolute atomic E-state index is 6.17. The molecule has 0 saturated heterocycles. The van der Waals surface area contributed by atoms with Gasteiger partial charge in [0.25, 0.3) is 0 Å². The summed E-state index contributed by atoms with van der Waals surface area (Å²) >= 11 is 0. The van der Waals surface area contributed by atoms with Gasteiger partial charge >= 0.3 is 0 Å². The van der Waals surface area contributed by atoms with E-state index in [9.17, 15) is 0 Å². The van der Waals surface area contributed by atoms with Crippen molar-refractivity contribution in [1.82, 2.24) is 4.98 Å². The van der Waals surface area contributed by atoms with Gasteiger partial charge in [0, 0.05) is 18.4 Å². The minimum atomic E-state index is 0.204. The van der Waals surface area contributed by atoms with Crippen molar-refractivity contribution in [2.45, 2.75) is 39.7 Å². The van der Waals surface area contributed by atoms with Crippen LogP contribution in [-0.2, 0) is 6.42 Å². The third-order valence-electron chi connectivity index (χ3n) is 3.09. The van der Waals surface area contributed by atoms with Crippen molar-refractivity contribution >= 4 is 0 Å². The molecule has 0 amide bonds. The second kappa shape index (κ2) is 4.56. The van der Waals surface area contributed by atoms with E-state index in [-0.39, 0.29) is 11.5 Å². The highest BCUT2D eigenvalue weighted by molar-refractivity contribution is 5.10. The number of pyridine rings is 1. The van der Waals surface area contributed by atoms with Crippen LogP contribution in [0.2, 0.25) is 0 Å². The maximum Gasteiger partial charge on any atom is 0.0300 e. The largest absolute Gasteiger partial charge is 0.327 e. The summed E-state index contributed by atoms with van der Waals surface area (Å²) in [6, 6.07) is 4.25. The SMILES string of the molecule is CCC(C)(C)C(N)Cc1cccnc1. The molecular formula is C12H20N2. The number of nitrogens with two attached hydrogens (primary N) is 1. The van der Waals surface area contributed by atoms with Crippen LogP contribution in [-0.4, -0.2) is 11.0 Å². The lowest BCUT2D eigenvalue weighted by Crippen LogP contribution is -2.38. The summed E-state index contributed by atoms with van der Waals surface area (Å²) in [6.07, 6.45) is 5.70. The molecule has 1 aromatic heterocycles. The lowest BCUT2D eigenvalue weighted by Gasteiger charge is -2.30. The predicted molar refractivity (Wildman–Crippen MR) is 60.0 cm³/mol. The van der Waals surface area contributed by atoms with Gasteiger partial charge in [0.2, 0.25) is 0 Å². The van der Waals surface area contributed by atoms with Gasteiger partial charge in [-0.2, -0.15) is 0 Å². The fourth-order valence-electron chi connectivity index (χ4n) is 1.31. The molecule has 1 aromatic rings. The van der Waals surface area contributed by atoms with Gasteiger partial charge in [0.1, 0.15) is 0 Å². The zero-order valence-corrected chi connectivity index (χ0v) is 9.33. The molecule has 0 radical (unpaired) electrons. The molecule has 78 valence electrons. The molecule has 0 aliphatic carbocycles. The molecule has 1 heterocycles. The summed E-state index contributed by atoms with van der Waals surface area (Å²) in [5.41, 5.74) is 7.59. The Hall–Kier alpha value is -0.890. The maximum atomic E-state index is 6.17. The zero-order valence-electron chi connectivity index (χ0n) is 9.33. The fraction of sp³-hybridized carbons (Fsp3) is 0.583. The summed E-state index contributed by atoms with van der Waals surface area (Å²) in [5.74, 6) is 0. The van der Waals surface area contributed by atoms with Crippen LogP contribution in [0.4, 0.5) is 0 Å². The Kier molecular flexibility index (Phi) is 3.64. The summed E-state index contributed by atoms with van der Waals surface area (Å²) < 4.78 is 0. The van der Waals surface area contributed by atoms with Crippen molar-refractivity contribution in [3.8, 4) is 0 Å². The van der Waals surface area contributed by atoms with E-state index in [1.165, 1.54) is 5.56 Å². The second-order valence-corrected chi connectivity index (χ2v) is 4.51. The van der Waals surface area contributed by atoms with E-state index in [0.717, 1.165) is 12.8 Å². The van der Waals surface area contributed by atoms with Crippen LogP contribution in [0.5, 0.6) is 0 Å². The number of nitrogens with zero attached hydrogens (tertiary/aromatic N) is 1. The lowest BCUT2D eigenvalue weighted by atomic mass is 9.80. The van der Waals surface area contributed by atoms with Crippen LogP contribution in [0, 0.1) is 5.41 Å². The Bertz CT molecular complexity index is 267. The van der Waals surface area contributed by atoms with Gasteiger partial charge in [-0.1, -0.05) is 26.8 Å². The van der Waals surface area contributed by atoms with E-state index >= 15 is 0 Å². The minimum Gasteiger partial charge on any atom is -0.327 e. The van der Waals surface area contributed by atoms with Crippen molar-refractivity contribution < 1.29 is 0 Å². The molecule has 0 fully saturated rings. The molecule has 0 aliphatic heterocycles. The molecule has 0 saturated carbocycles. The second-order valence-electron chi connectivity index (χ2n) is 4.51. The third kappa shape index (κ3) is 2.81. The summed E-state index contributed by atoms with van der Waals surface area (Å²) in [7, 11) is 0. The molecule has 0 aromatic carbocycles. The normalized spacial score (nSPS) is 14.0. The van der Waals surface area contributed by atoms with Gasteiger partial charge < -0.3 is 5.73 Å². The van der Waals surface area contributed by atoms with E-state index in [2.05, 4.69) is 31.8 Å². The predicted octanol–water partition coefficient (Wildman–Crippen LogP) is 2.39. The first-order chi connectivity index (χ1) is 6.56. The Morgan fingerprint density at radius 2 is 2.21 bits per heavy atom. The van der Waals surface area contributed by atoms with Crippen molar-refractivity contribution in [1.29, 1.82) is 0 Å². The van der Waals surface area contributed by atoms with E-state index in [1.807, 2.05) is 12.3 Å². The van der Waals surface area contributed by atoms with Crippen LogP contribution in [0.25, 0.3) is 0 Å². The van der Waals surface area contributed by atoms with E-state index in [0.29, 0.717) is 0 Å². The quantitative estimate of drug-likeness (QED) is 0.795. The van der Waals surface area contributed by atoms with Crippen LogP contribution in [0.15, 0.2) is 24.5 Å². The molecular weight excluding hydrogens is 172 g/mol. The number of hydrogen-bond acceptors (Lipinski definition) is 2. The first kappa shape index (κ1) is 11.2. The van der Waals surface area contributed by atoms with Gasteiger partial charge in [-0.05, 0) is 29.9 Å². The summed E-state index contributed by atoms with van der Waals surface area (Å²) in [6.45, 7) is 6.62. The first-order valence-corrected chi connectivity index (χ1v) is 5.20. The van der Waals surface area contributed by atoms with Gasteiger partial charge in [-0.25, -0.2) is 0 Å². The Morgan fingerprint density at radius 1 is 1.50 bits per heavy atom. The molecule has 0 aliphatic rings. The van der Waals surface area contributed by atoms with Crippen LogP contribution in [0.3, 0.4) is 0 Å². The Balaban J connectivity index is 2.62. The van der Waals surface area contributed by atoms with E-state index in [4.69, 9.17) is 5.73 Å². The molecule has 1 unspecified atom stereocenters. The molecule has 2 nitrogen and oxygen atoms in total. The average molecular weight is 192 g/mol. The molecule has 14 heavy (non-hydrogen) atoms. The highest BCUT2D eigenvalue weighted by atomic mass is 14.7. The standard InChI is InChI=1S/C12H20N2/c1-4-12(2,3)11(13)8-10-6-5-7-14-9-10/h5-7,9,11H,4,8,13H2,1-3H3. The van der Waals surface area contributed by atoms with Crippen molar-refractivity contribution in [2.24, 2.45) is 11.1 Å². The van der Waals surface area contributed by atoms with Gasteiger partial charge in [0.15, 0.2) is 0 Å². The van der Waals surface area contributed by atoms with E-state index < -0.39 is 0 Å². The average Bonchev–Trinajstić information content (AvgIpc) is 2.19. The third-order valence-corrected chi connectivity index (χ3v) is 3.09. The van der Waals surface area contributed by atoms with Gasteiger partial charge in [-0.15, -0.1) is 0 Å². The van der Waals surface area contributed by atoms with Gasteiger partial charge in [0.05, 0.1) is 0 Å². The monoisotopic (exact) mass is 192 g/mol. The van der Waals surface area contributed by atoms with Crippen molar-refractivity contribution in [3.05, 3.63) is 30.1 Å². The Labute approximate surface area is 86.5 Å². The molecule has 2 heteroatoms. The number of hydrogen-bond donors (Lipinski definition) is 1. The lowest BCUT2D eigenvalue weighted by molar-refractivity contribution is 0.272. The van der Waals surface area contributed by atoms with Crippen molar-refractivity contribution in [3.63, 3.8) is 0 Å². The molecule has 1 rings (SSSR count). The van der Waals surface area contributed by atoms with E-state index in [1.54, 1.807) is 6.20 Å². The highest BCUT2D eigenvalue weighted by Crippen LogP contribution is 2.25. The minimum absolute atomic E-state index is 0.204.